The normalized spacial score (nSPS) is 36.1. The predicted octanol–water partition coefficient (Wildman–Crippen LogP) is 1.57. The van der Waals surface area contributed by atoms with E-state index in [2.05, 4.69) is 0 Å². The smallest absolute Gasteiger partial charge is 0.309 e. The van der Waals surface area contributed by atoms with E-state index in [4.69, 9.17) is 4.74 Å². The maximum Gasteiger partial charge on any atom is 0.309 e. The summed E-state index contributed by atoms with van der Waals surface area (Å²) in [6.45, 7) is 3.77. The highest BCUT2D eigenvalue weighted by Gasteiger charge is 2.44. The van der Waals surface area contributed by atoms with Crippen molar-refractivity contribution in [2.45, 2.75) is 45.3 Å². The minimum Gasteiger partial charge on any atom is -0.457 e. The van der Waals surface area contributed by atoms with E-state index in [9.17, 15) is 15.0 Å². The Morgan fingerprint density at radius 1 is 1.47 bits per heavy atom. The Labute approximate surface area is 113 Å². The van der Waals surface area contributed by atoms with Crippen LogP contribution < -0.4 is 0 Å². The fourth-order valence-electron chi connectivity index (χ4n) is 2.94. The van der Waals surface area contributed by atoms with Crippen LogP contribution in [0.1, 0.15) is 33.1 Å². The van der Waals surface area contributed by atoms with Crippen LogP contribution in [0.15, 0.2) is 23.3 Å². The van der Waals surface area contributed by atoms with Gasteiger partial charge in [0, 0.05) is 5.92 Å². The maximum absolute atomic E-state index is 11.7. The highest BCUT2D eigenvalue weighted by molar-refractivity contribution is 5.75. The molecule has 4 unspecified atom stereocenters. The van der Waals surface area contributed by atoms with Gasteiger partial charge in [-0.25, -0.2) is 0 Å². The number of aliphatic hydroxyl groups excluding tert-OH is 2. The third kappa shape index (κ3) is 3.07. The van der Waals surface area contributed by atoms with Crippen molar-refractivity contribution >= 4 is 5.97 Å². The monoisotopic (exact) mass is 266 g/mol. The molecule has 0 aromatic heterocycles. The lowest BCUT2D eigenvalue weighted by atomic mass is 9.82. The molecule has 0 aromatic carbocycles. The van der Waals surface area contributed by atoms with E-state index in [0.29, 0.717) is 6.42 Å². The van der Waals surface area contributed by atoms with Crippen LogP contribution in [0.3, 0.4) is 0 Å². The molecule has 0 spiro atoms. The average molecular weight is 266 g/mol. The van der Waals surface area contributed by atoms with Crippen LogP contribution in [0.2, 0.25) is 0 Å². The summed E-state index contributed by atoms with van der Waals surface area (Å²) in [6.07, 6.45) is 5.09. The Morgan fingerprint density at radius 2 is 2.21 bits per heavy atom. The van der Waals surface area contributed by atoms with Gasteiger partial charge >= 0.3 is 5.97 Å². The molecule has 2 N–H and O–H groups in total. The van der Waals surface area contributed by atoms with Gasteiger partial charge in [0.1, 0.15) is 6.10 Å². The molecule has 0 aromatic rings. The van der Waals surface area contributed by atoms with Gasteiger partial charge in [-0.3, -0.25) is 4.79 Å². The summed E-state index contributed by atoms with van der Waals surface area (Å²) in [7, 11) is 0. The first kappa shape index (κ1) is 14.3. The van der Waals surface area contributed by atoms with Crippen molar-refractivity contribution < 1.29 is 19.7 Å². The van der Waals surface area contributed by atoms with Gasteiger partial charge in [-0.2, -0.15) is 0 Å². The fraction of sp³-hybridized carbons (Fsp3) is 0.667. The standard InChI is InChI=1S/C15H22O4/c1-9-4-3-5-11(8-16)7-12(17)14-10(2)15(18)19-13(14)6-9/h5-6,10,12-14,16-17H,3-4,7-8H2,1-2H3. The van der Waals surface area contributed by atoms with Gasteiger partial charge in [0.2, 0.25) is 0 Å². The number of carbonyl (C=O) groups excluding carboxylic acids is 1. The Morgan fingerprint density at radius 3 is 2.89 bits per heavy atom. The number of aliphatic hydroxyl groups is 2. The third-order valence-corrected chi connectivity index (χ3v) is 4.12. The molecule has 2 aliphatic rings. The minimum atomic E-state index is -0.660. The molecular weight excluding hydrogens is 244 g/mol. The van der Waals surface area contributed by atoms with Crippen molar-refractivity contribution in [2.24, 2.45) is 11.8 Å². The minimum absolute atomic E-state index is 0.0413. The first-order chi connectivity index (χ1) is 9.02. The molecule has 1 heterocycles. The molecule has 4 heteroatoms. The van der Waals surface area contributed by atoms with E-state index in [0.717, 1.165) is 24.0 Å². The molecule has 19 heavy (non-hydrogen) atoms. The number of rotatable bonds is 1. The van der Waals surface area contributed by atoms with E-state index in [1.165, 1.54) is 0 Å². The zero-order chi connectivity index (χ0) is 14.0. The molecule has 4 nitrogen and oxygen atoms in total. The van der Waals surface area contributed by atoms with E-state index in [-0.39, 0.29) is 30.5 Å². The number of ether oxygens (including phenoxy) is 1. The maximum atomic E-state index is 11.7. The van der Waals surface area contributed by atoms with E-state index < -0.39 is 6.10 Å². The molecule has 1 aliphatic heterocycles. The average Bonchev–Trinajstić information content (AvgIpc) is 2.63. The second-order valence-corrected chi connectivity index (χ2v) is 5.61. The number of hydrogen-bond donors (Lipinski definition) is 2. The van der Waals surface area contributed by atoms with Crippen LogP contribution >= 0.6 is 0 Å². The first-order valence-electron chi connectivity index (χ1n) is 6.87. The fourth-order valence-corrected chi connectivity index (χ4v) is 2.94. The summed E-state index contributed by atoms with van der Waals surface area (Å²) in [5.74, 6) is -0.772. The molecule has 1 fully saturated rings. The SMILES string of the molecule is CC1=CC2OC(=O)C(C)C2C(O)CC(CO)=CCC1. The lowest BCUT2D eigenvalue weighted by molar-refractivity contribution is -0.142. The third-order valence-electron chi connectivity index (χ3n) is 4.12. The van der Waals surface area contributed by atoms with Crippen LogP contribution in [0.25, 0.3) is 0 Å². The summed E-state index contributed by atoms with van der Waals surface area (Å²) in [6, 6.07) is 0. The quantitative estimate of drug-likeness (QED) is 0.558. The molecule has 2 rings (SSSR count). The van der Waals surface area contributed by atoms with Gasteiger partial charge in [0.15, 0.2) is 0 Å². The Balaban J connectivity index is 2.29. The van der Waals surface area contributed by atoms with E-state index in [1.807, 2.05) is 19.1 Å². The molecule has 0 saturated carbocycles. The summed E-state index contributed by atoms with van der Waals surface area (Å²) >= 11 is 0. The zero-order valence-corrected chi connectivity index (χ0v) is 11.5. The van der Waals surface area contributed by atoms with Gasteiger partial charge in [0.05, 0.1) is 18.6 Å². The molecule has 106 valence electrons. The molecular formula is C15H22O4. The zero-order valence-electron chi connectivity index (χ0n) is 11.5. The molecule has 0 amide bonds. The van der Waals surface area contributed by atoms with Crippen LogP contribution in [0.5, 0.6) is 0 Å². The van der Waals surface area contributed by atoms with Crippen molar-refractivity contribution in [3.63, 3.8) is 0 Å². The lowest BCUT2D eigenvalue weighted by Crippen LogP contribution is -2.32. The van der Waals surface area contributed by atoms with Crippen LogP contribution in [-0.4, -0.2) is 35.0 Å². The number of fused-ring (bicyclic) bond motifs is 1. The number of esters is 1. The van der Waals surface area contributed by atoms with Gasteiger partial charge in [-0.1, -0.05) is 18.6 Å². The lowest BCUT2D eigenvalue weighted by Gasteiger charge is -2.25. The van der Waals surface area contributed by atoms with Crippen molar-refractivity contribution in [1.29, 1.82) is 0 Å². The van der Waals surface area contributed by atoms with Crippen LogP contribution in [-0.2, 0) is 9.53 Å². The van der Waals surface area contributed by atoms with Crippen LogP contribution in [0.4, 0.5) is 0 Å². The topological polar surface area (TPSA) is 66.8 Å². The van der Waals surface area contributed by atoms with Gasteiger partial charge < -0.3 is 14.9 Å². The van der Waals surface area contributed by atoms with Crippen molar-refractivity contribution in [3.8, 4) is 0 Å². The Kier molecular flexibility index (Phi) is 4.42. The van der Waals surface area contributed by atoms with Gasteiger partial charge in [-0.05, 0) is 37.8 Å². The van der Waals surface area contributed by atoms with Crippen molar-refractivity contribution in [1.82, 2.24) is 0 Å². The van der Waals surface area contributed by atoms with Crippen molar-refractivity contribution in [2.75, 3.05) is 6.61 Å². The second-order valence-electron chi connectivity index (χ2n) is 5.61. The number of allylic oxidation sites excluding steroid dienone is 2. The molecule has 1 saturated heterocycles. The predicted molar refractivity (Wildman–Crippen MR) is 71.3 cm³/mol. The second kappa shape index (κ2) is 5.88. The first-order valence-corrected chi connectivity index (χ1v) is 6.87. The summed E-state index contributed by atoms with van der Waals surface area (Å²) in [5, 5.41) is 19.7. The number of hydrogen-bond acceptors (Lipinski definition) is 4. The molecule has 1 aliphatic carbocycles. The van der Waals surface area contributed by atoms with Gasteiger partial charge in [-0.15, -0.1) is 0 Å². The molecule has 4 atom stereocenters. The highest BCUT2D eigenvalue weighted by Crippen LogP contribution is 2.35. The van der Waals surface area contributed by atoms with Gasteiger partial charge in [0.25, 0.3) is 0 Å². The van der Waals surface area contributed by atoms with E-state index >= 15 is 0 Å². The largest absolute Gasteiger partial charge is 0.457 e. The summed E-state index contributed by atoms with van der Waals surface area (Å²) < 4.78 is 5.36. The Bertz CT molecular complexity index is 410. The highest BCUT2D eigenvalue weighted by atomic mass is 16.6. The number of carbonyl (C=O) groups is 1. The van der Waals surface area contributed by atoms with Crippen molar-refractivity contribution in [3.05, 3.63) is 23.3 Å². The van der Waals surface area contributed by atoms with E-state index in [1.54, 1.807) is 6.92 Å². The molecule has 0 radical (unpaired) electrons. The molecule has 0 bridgehead atoms. The summed E-state index contributed by atoms with van der Waals surface area (Å²) in [4.78, 5) is 11.7. The Hall–Kier alpha value is -1.13. The van der Waals surface area contributed by atoms with Crippen LogP contribution in [0, 0.1) is 11.8 Å². The summed E-state index contributed by atoms with van der Waals surface area (Å²) in [5.41, 5.74) is 1.99.